The van der Waals surface area contributed by atoms with Crippen molar-refractivity contribution in [3.05, 3.63) is 22.8 Å². The zero-order chi connectivity index (χ0) is 13.7. The van der Waals surface area contributed by atoms with Crippen LogP contribution in [0.3, 0.4) is 0 Å². The van der Waals surface area contributed by atoms with Crippen molar-refractivity contribution >= 4 is 17.4 Å². The molecule has 1 fully saturated rings. The second-order valence-electron chi connectivity index (χ2n) is 4.94. The molecule has 0 bridgehead atoms. The summed E-state index contributed by atoms with van der Waals surface area (Å²) in [5.41, 5.74) is 1.13. The first kappa shape index (κ1) is 14.6. The van der Waals surface area contributed by atoms with Crippen LogP contribution >= 0.6 is 11.6 Å². The molecule has 0 spiro atoms. The standard InChI is InChI=1S/C14H22ClN3O/c1-3-4-16-8-12-7-13(15)14(17-9-12)18-5-6-19-10-11(18)2/h7,9,11,16H,3-6,8,10H2,1-2H3. The molecule has 0 radical (unpaired) electrons. The Morgan fingerprint density at radius 1 is 1.58 bits per heavy atom. The summed E-state index contributed by atoms with van der Waals surface area (Å²) in [6.07, 6.45) is 3.04. The van der Waals surface area contributed by atoms with Gasteiger partial charge in [0.15, 0.2) is 0 Å². The van der Waals surface area contributed by atoms with Crippen molar-refractivity contribution in [1.82, 2.24) is 10.3 Å². The summed E-state index contributed by atoms with van der Waals surface area (Å²) in [5, 5.41) is 4.08. The smallest absolute Gasteiger partial charge is 0.147 e. The van der Waals surface area contributed by atoms with Crippen molar-refractivity contribution in [2.75, 3.05) is 31.2 Å². The summed E-state index contributed by atoms with van der Waals surface area (Å²) < 4.78 is 5.44. The van der Waals surface area contributed by atoms with E-state index >= 15 is 0 Å². The van der Waals surface area contributed by atoms with Crippen LogP contribution in [-0.4, -0.2) is 37.3 Å². The molecule has 1 unspecified atom stereocenters. The average Bonchev–Trinajstić information content (AvgIpc) is 2.40. The Morgan fingerprint density at radius 2 is 2.42 bits per heavy atom. The van der Waals surface area contributed by atoms with E-state index in [2.05, 4.69) is 29.0 Å². The van der Waals surface area contributed by atoms with E-state index in [-0.39, 0.29) is 0 Å². The molecule has 0 amide bonds. The third-order valence-corrected chi connectivity index (χ3v) is 3.55. The number of aromatic nitrogens is 1. The van der Waals surface area contributed by atoms with Crippen LogP contribution in [0.2, 0.25) is 5.02 Å². The Morgan fingerprint density at radius 3 is 3.11 bits per heavy atom. The molecular weight excluding hydrogens is 262 g/mol. The second kappa shape index (κ2) is 7.08. The van der Waals surface area contributed by atoms with E-state index in [9.17, 15) is 0 Å². The van der Waals surface area contributed by atoms with Gasteiger partial charge in [-0.05, 0) is 31.5 Å². The normalized spacial score (nSPS) is 19.7. The third kappa shape index (κ3) is 3.81. The van der Waals surface area contributed by atoms with Crippen molar-refractivity contribution < 1.29 is 4.74 Å². The summed E-state index contributed by atoms with van der Waals surface area (Å²) in [6, 6.07) is 2.33. The van der Waals surface area contributed by atoms with Crippen LogP contribution in [0.15, 0.2) is 12.3 Å². The lowest BCUT2D eigenvalue weighted by Crippen LogP contribution is -2.44. The van der Waals surface area contributed by atoms with Gasteiger partial charge < -0.3 is 15.0 Å². The maximum Gasteiger partial charge on any atom is 0.147 e. The quantitative estimate of drug-likeness (QED) is 0.843. The molecule has 1 aliphatic heterocycles. The summed E-state index contributed by atoms with van der Waals surface area (Å²) >= 11 is 6.37. The van der Waals surface area contributed by atoms with Crippen LogP contribution < -0.4 is 10.2 Å². The molecular formula is C14H22ClN3O. The van der Waals surface area contributed by atoms with Crippen LogP contribution in [0.1, 0.15) is 25.8 Å². The molecule has 106 valence electrons. The number of hydrogen-bond donors (Lipinski definition) is 1. The molecule has 0 aliphatic carbocycles. The first-order chi connectivity index (χ1) is 9.22. The molecule has 19 heavy (non-hydrogen) atoms. The van der Waals surface area contributed by atoms with Gasteiger partial charge in [0, 0.05) is 19.3 Å². The lowest BCUT2D eigenvalue weighted by Gasteiger charge is -2.34. The molecule has 1 aromatic heterocycles. The predicted molar refractivity (Wildman–Crippen MR) is 78.9 cm³/mol. The maximum atomic E-state index is 6.37. The summed E-state index contributed by atoms with van der Waals surface area (Å²) in [6.45, 7) is 8.44. The third-order valence-electron chi connectivity index (χ3n) is 3.27. The molecule has 1 atom stereocenters. The first-order valence-electron chi connectivity index (χ1n) is 6.92. The van der Waals surface area contributed by atoms with Gasteiger partial charge in [-0.1, -0.05) is 18.5 Å². The van der Waals surface area contributed by atoms with Crippen molar-refractivity contribution in [2.24, 2.45) is 0 Å². The number of rotatable bonds is 5. The Labute approximate surface area is 120 Å². The van der Waals surface area contributed by atoms with E-state index in [1.54, 1.807) is 0 Å². The van der Waals surface area contributed by atoms with E-state index in [1.807, 2.05) is 12.3 Å². The largest absolute Gasteiger partial charge is 0.377 e. The zero-order valence-electron chi connectivity index (χ0n) is 11.7. The lowest BCUT2D eigenvalue weighted by molar-refractivity contribution is 0.0985. The van der Waals surface area contributed by atoms with E-state index < -0.39 is 0 Å². The highest BCUT2D eigenvalue weighted by molar-refractivity contribution is 6.33. The highest BCUT2D eigenvalue weighted by atomic mass is 35.5. The Kier molecular flexibility index (Phi) is 5.43. The molecule has 0 aromatic carbocycles. The Bertz CT molecular complexity index is 414. The van der Waals surface area contributed by atoms with Crippen LogP contribution in [0, 0.1) is 0 Å². The molecule has 2 heterocycles. The first-order valence-corrected chi connectivity index (χ1v) is 7.29. The number of hydrogen-bond acceptors (Lipinski definition) is 4. The molecule has 5 heteroatoms. The zero-order valence-corrected chi connectivity index (χ0v) is 12.4. The van der Waals surface area contributed by atoms with Gasteiger partial charge in [-0.2, -0.15) is 0 Å². The summed E-state index contributed by atoms with van der Waals surface area (Å²) in [4.78, 5) is 6.75. The van der Waals surface area contributed by atoms with Crippen molar-refractivity contribution in [2.45, 2.75) is 32.9 Å². The van der Waals surface area contributed by atoms with Crippen molar-refractivity contribution in [3.8, 4) is 0 Å². The van der Waals surface area contributed by atoms with Gasteiger partial charge in [-0.25, -0.2) is 4.98 Å². The molecule has 1 saturated heterocycles. The summed E-state index contributed by atoms with van der Waals surface area (Å²) in [5.74, 6) is 0.872. The van der Waals surface area contributed by atoms with Gasteiger partial charge >= 0.3 is 0 Å². The number of pyridine rings is 1. The topological polar surface area (TPSA) is 37.4 Å². The SMILES string of the molecule is CCCNCc1cnc(N2CCOCC2C)c(Cl)c1. The van der Waals surface area contributed by atoms with E-state index in [0.29, 0.717) is 6.04 Å². The molecule has 0 saturated carbocycles. The number of anilines is 1. The number of nitrogens with zero attached hydrogens (tertiary/aromatic N) is 2. The monoisotopic (exact) mass is 283 g/mol. The fourth-order valence-electron chi connectivity index (χ4n) is 2.23. The minimum absolute atomic E-state index is 0.322. The van der Waals surface area contributed by atoms with Gasteiger partial charge in [-0.15, -0.1) is 0 Å². The van der Waals surface area contributed by atoms with E-state index in [4.69, 9.17) is 16.3 Å². The highest BCUT2D eigenvalue weighted by Crippen LogP contribution is 2.26. The fraction of sp³-hybridized carbons (Fsp3) is 0.643. The minimum atomic E-state index is 0.322. The van der Waals surface area contributed by atoms with E-state index in [0.717, 1.165) is 55.7 Å². The molecule has 1 aromatic rings. The molecule has 4 nitrogen and oxygen atoms in total. The van der Waals surface area contributed by atoms with Gasteiger partial charge in [0.1, 0.15) is 5.82 Å². The van der Waals surface area contributed by atoms with Crippen LogP contribution in [0.25, 0.3) is 0 Å². The van der Waals surface area contributed by atoms with E-state index in [1.165, 1.54) is 0 Å². The molecule has 1 N–H and O–H groups in total. The maximum absolute atomic E-state index is 6.37. The van der Waals surface area contributed by atoms with Gasteiger partial charge in [0.2, 0.25) is 0 Å². The average molecular weight is 284 g/mol. The Hall–Kier alpha value is -0.840. The number of halogens is 1. The highest BCUT2D eigenvalue weighted by Gasteiger charge is 2.22. The van der Waals surface area contributed by atoms with Gasteiger partial charge in [-0.3, -0.25) is 0 Å². The number of nitrogens with one attached hydrogen (secondary N) is 1. The molecule has 1 aliphatic rings. The number of ether oxygens (including phenoxy) is 1. The molecule has 2 rings (SSSR count). The van der Waals surface area contributed by atoms with Gasteiger partial charge in [0.25, 0.3) is 0 Å². The van der Waals surface area contributed by atoms with Crippen molar-refractivity contribution in [3.63, 3.8) is 0 Å². The van der Waals surface area contributed by atoms with Crippen LogP contribution in [0.4, 0.5) is 5.82 Å². The minimum Gasteiger partial charge on any atom is -0.377 e. The Balaban J connectivity index is 2.05. The fourth-order valence-corrected chi connectivity index (χ4v) is 2.53. The summed E-state index contributed by atoms with van der Waals surface area (Å²) in [7, 11) is 0. The van der Waals surface area contributed by atoms with Crippen LogP contribution in [-0.2, 0) is 11.3 Å². The lowest BCUT2D eigenvalue weighted by atomic mass is 10.2. The number of morpholine rings is 1. The van der Waals surface area contributed by atoms with Crippen LogP contribution in [0.5, 0.6) is 0 Å². The second-order valence-corrected chi connectivity index (χ2v) is 5.35. The predicted octanol–water partition coefficient (Wildman–Crippen LogP) is 2.46. The van der Waals surface area contributed by atoms with Gasteiger partial charge in [0.05, 0.1) is 24.3 Å². The van der Waals surface area contributed by atoms with Crippen molar-refractivity contribution in [1.29, 1.82) is 0 Å².